The molecule has 33 heavy (non-hydrogen) atoms. The maximum absolute atomic E-state index is 3.78. The Morgan fingerprint density at radius 3 is 2.52 bits per heavy atom. The van der Waals surface area contributed by atoms with E-state index in [9.17, 15) is 0 Å². The third-order valence-electron chi connectivity index (χ3n) is 8.10. The topological polar surface area (TPSA) is 12.0 Å². The number of hydrogen-bond donors (Lipinski definition) is 1. The molecule has 3 aromatic carbocycles. The number of benzene rings is 3. The van der Waals surface area contributed by atoms with Gasteiger partial charge in [-0.2, -0.15) is 0 Å². The predicted octanol–water partition coefficient (Wildman–Crippen LogP) is 7.90. The Morgan fingerprint density at radius 2 is 1.64 bits per heavy atom. The molecule has 0 saturated heterocycles. The van der Waals surface area contributed by atoms with Crippen LogP contribution in [0.25, 0.3) is 16.3 Å². The molecule has 0 aliphatic heterocycles. The first-order valence-electron chi connectivity index (χ1n) is 13.1. The van der Waals surface area contributed by atoms with Gasteiger partial charge in [0.2, 0.25) is 0 Å². The van der Waals surface area contributed by atoms with Gasteiger partial charge >= 0.3 is 0 Å². The average molecular weight is 434 g/mol. The highest BCUT2D eigenvalue weighted by atomic mass is 14.9. The molecule has 0 atom stereocenters. The highest BCUT2D eigenvalue weighted by molar-refractivity contribution is 5.96. The quantitative estimate of drug-likeness (QED) is 0.431. The van der Waals surface area contributed by atoms with Crippen molar-refractivity contribution in [3.8, 4) is 0 Å². The average Bonchev–Trinajstić information content (AvgIpc) is 2.88. The Balaban J connectivity index is 1.25. The van der Waals surface area contributed by atoms with Crippen LogP contribution in [0.3, 0.4) is 0 Å². The van der Waals surface area contributed by atoms with E-state index in [1.807, 2.05) is 0 Å². The fourth-order valence-electron chi connectivity index (χ4n) is 6.29. The molecule has 168 valence electrons. The first-order chi connectivity index (χ1) is 16.3. The summed E-state index contributed by atoms with van der Waals surface area (Å²) in [5.41, 5.74) is 10.5. The lowest BCUT2D eigenvalue weighted by Gasteiger charge is -2.26. The van der Waals surface area contributed by atoms with Gasteiger partial charge in [-0.25, -0.2) is 0 Å². The van der Waals surface area contributed by atoms with Crippen LogP contribution in [0.15, 0.2) is 72.3 Å². The van der Waals surface area contributed by atoms with E-state index in [1.165, 1.54) is 96.4 Å². The van der Waals surface area contributed by atoms with Gasteiger partial charge in [0.05, 0.1) is 0 Å². The van der Waals surface area contributed by atoms with Gasteiger partial charge in [0.25, 0.3) is 0 Å². The van der Waals surface area contributed by atoms with Gasteiger partial charge in [0, 0.05) is 12.6 Å². The van der Waals surface area contributed by atoms with Crippen molar-refractivity contribution in [3.63, 3.8) is 0 Å². The molecule has 0 aromatic heterocycles. The van der Waals surface area contributed by atoms with E-state index in [1.54, 1.807) is 11.1 Å². The predicted molar refractivity (Wildman–Crippen MR) is 141 cm³/mol. The van der Waals surface area contributed by atoms with Gasteiger partial charge in [0.1, 0.15) is 0 Å². The molecule has 1 fully saturated rings. The van der Waals surface area contributed by atoms with E-state index in [0.717, 1.165) is 19.0 Å². The maximum atomic E-state index is 3.78. The molecule has 3 aliphatic rings. The van der Waals surface area contributed by atoms with Crippen LogP contribution < -0.4 is 5.32 Å². The maximum Gasteiger partial charge on any atom is 0.0208 e. The molecule has 0 unspecified atom stereocenters. The smallest absolute Gasteiger partial charge is 0.0208 e. The molecule has 0 heterocycles. The second kappa shape index (κ2) is 9.31. The van der Waals surface area contributed by atoms with Gasteiger partial charge in [-0.05, 0) is 89.1 Å². The molecule has 0 amide bonds. The zero-order valence-corrected chi connectivity index (χ0v) is 19.7. The molecule has 1 saturated carbocycles. The lowest BCUT2D eigenvalue weighted by molar-refractivity contribution is 0.372. The fraction of sp³-hybridized carbons (Fsp3) is 0.375. The Labute approximate surface area is 198 Å². The molecule has 3 aliphatic carbocycles. The van der Waals surface area contributed by atoms with Crippen LogP contribution in [0.5, 0.6) is 0 Å². The van der Waals surface area contributed by atoms with E-state index in [4.69, 9.17) is 0 Å². The number of hydrogen-bond acceptors (Lipinski definition) is 1. The van der Waals surface area contributed by atoms with Crippen LogP contribution >= 0.6 is 0 Å². The molecule has 3 aromatic rings. The largest absolute Gasteiger partial charge is 0.310 e. The third kappa shape index (κ3) is 4.32. The Morgan fingerprint density at radius 1 is 0.788 bits per heavy atom. The summed E-state index contributed by atoms with van der Waals surface area (Å²) in [6.45, 7) is 0.998. The van der Waals surface area contributed by atoms with Crippen molar-refractivity contribution in [1.29, 1.82) is 0 Å². The van der Waals surface area contributed by atoms with Gasteiger partial charge in [-0.15, -0.1) is 0 Å². The minimum atomic E-state index is 0.718. The third-order valence-corrected chi connectivity index (χ3v) is 8.10. The molecular formula is C32H35N. The Bertz CT molecular complexity index is 1210. The van der Waals surface area contributed by atoms with Crippen molar-refractivity contribution in [2.24, 2.45) is 0 Å². The van der Waals surface area contributed by atoms with Gasteiger partial charge in [0.15, 0.2) is 0 Å². The first-order valence-corrected chi connectivity index (χ1v) is 13.1. The Hall–Kier alpha value is -2.64. The van der Waals surface area contributed by atoms with Gasteiger partial charge < -0.3 is 5.32 Å². The van der Waals surface area contributed by atoms with Gasteiger partial charge in [-0.3, -0.25) is 0 Å². The summed E-state index contributed by atoms with van der Waals surface area (Å²) in [6, 6.07) is 21.7. The standard InChI is InChI=1S/C32H35N/c1-2-10-28(11-3-1)33-22-24-15-13-23(14-16-24)21-27-9-6-8-26-18-19-30-29-12-5-4-7-25(29)17-20-31(30)32(26)27/h5-6,8-9,12-16,18-19,28,33H,1-4,7,10-11,17,20-22H2. The summed E-state index contributed by atoms with van der Waals surface area (Å²) in [7, 11) is 0. The van der Waals surface area contributed by atoms with Crippen LogP contribution in [0.4, 0.5) is 0 Å². The van der Waals surface area contributed by atoms with E-state index < -0.39 is 0 Å². The van der Waals surface area contributed by atoms with Crippen LogP contribution in [0.2, 0.25) is 0 Å². The SMILES string of the molecule is C1=CC2=C(CC1)CCc1c2ccc2cccc(Cc3ccc(CNC4CCCCC4)cc3)c12. The van der Waals surface area contributed by atoms with Crippen LogP contribution in [0, 0.1) is 0 Å². The van der Waals surface area contributed by atoms with E-state index in [0.29, 0.717) is 0 Å². The van der Waals surface area contributed by atoms with Crippen molar-refractivity contribution in [3.05, 3.63) is 100 Å². The summed E-state index contributed by atoms with van der Waals surface area (Å²) in [6.07, 6.45) is 17.5. The van der Waals surface area contributed by atoms with Crippen LogP contribution in [-0.4, -0.2) is 6.04 Å². The van der Waals surface area contributed by atoms with Crippen molar-refractivity contribution in [2.45, 2.75) is 76.8 Å². The monoisotopic (exact) mass is 433 g/mol. The second-order valence-corrected chi connectivity index (χ2v) is 10.3. The first kappa shape index (κ1) is 20.9. The van der Waals surface area contributed by atoms with Crippen molar-refractivity contribution < 1.29 is 0 Å². The molecule has 1 nitrogen and oxygen atoms in total. The summed E-state index contributed by atoms with van der Waals surface area (Å²) in [5, 5.41) is 6.67. The summed E-state index contributed by atoms with van der Waals surface area (Å²) < 4.78 is 0. The lowest BCUT2D eigenvalue weighted by Crippen LogP contribution is -2.30. The lowest BCUT2D eigenvalue weighted by atomic mass is 9.78. The number of rotatable bonds is 5. The minimum Gasteiger partial charge on any atom is -0.310 e. The van der Waals surface area contributed by atoms with Crippen molar-refractivity contribution in [1.82, 2.24) is 5.32 Å². The highest BCUT2D eigenvalue weighted by Crippen LogP contribution is 2.41. The molecule has 1 N–H and O–H groups in total. The zero-order chi connectivity index (χ0) is 22.0. The summed E-state index contributed by atoms with van der Waals surface area (Å²) >= 11 is 0. The number of allylic oxidation sites excluding steroid dienone is 4. The van der Waals surface area contributed by atoms with E-state index in [2.05, 4.69) is 72.1 Å². The van der Waals surface area contributed by atoms with Crippen molar-refractivity contribution in [2.75, 3.05) is 0 Å². The number of nitrogens with one attached hydrogen (secondary N) is 1. The molecular weight excluding hydrogens is 398 g/mol. The fourth-order valence-corrected chi connectivity index (χ4v) is 6.29. The number of aryl methyl sites for hydroxylation is 1. The molecule has 0 radical (unpaired) electrons. The molecule has 6 rings (SSSR count). The van der Waals surface area contributed by atoms with Gasteiger partial charge in [-0.1, -0.05) is 91.6 Å². The minimum absolute atomic E-state index is 0.718. The number of fused-ring (bicyclic) bond motifs is 4. The van der Waals surface area contributed by atoms with Crippen LogP contribution in [-0.2, 0) is 19.4 Å². The summed E-state index contributed by atoms with van der Waals surface area (Å²) in [4.78, 5) is 0. The highest BCUT2D eigenvalue weighted by Gasteiger charge is 2.21. The van der Waals surface area contributed by atoms with E-state index >= 15 is 0 Å². The summed E-state index contributed by atoms with van der Waals surface area (Å²) in [5.74, 6) is 0. The Kier molecular flexibility index (Phi) is 5.91. The molecule has 1 heteroatoms. The zero-order valence-electron chi connectivity index (χ0n) is 19.7. The van der Waals surface area contributed by atoms with E-state index in [-0.39, 0.29) is 0 Å². The molecule has 0 spiro atoms. The molecule has 0 bridgehead atoms. The normalized spacial score (nSPS) is 18.4. The second-order valence-electron chi connectivity index (χ2n) is 10.3. The van der Waals surface area contributed by atoms with Crippen molar-refractivity contribution >= 4 is 16.3 Å². The van der Waals surface area contributed by atoms with Crippen LogP contribution in [0.1, 0.15) is 79.2 Å².